The van der Waals surface area contributed by atoms with Crippen LogP contribution < -0.4 is 4.90 Å². The van der Waals surface area contributed by atoms with Crippen LogP contribution in [0.5, 0.6) is 0 Å². The zero-order valence-electron chi connectivity index (χ0n) is 9.33. The highest BCUT2D eigenvalue weighted by molar-refractivity contribution is 6.31. The van der Waals surface area contributed by atoms with Crippen molar-refractivity contribution in [1.82, 2.24) is 0 Å². The molecule has 2 nitrogen and oxygen atoms in total. The van der Waals surface area contributed by atoms with Crippen molar-refractivity contribution in [3.63, 3.8) is 0 Å². The van der Waals surface area contributed by atoms with E-state index in [9.17, 15) is 9.18 Å². The fraction of sp³-hybridized carbons (Fsp3) is 0.462. The standard InChI is InChI=1S/C13H13ClFNO/c14-11-2-1-3-12(13(11)15)16-8-4-5-9(16)7-10(17)6-8/h1-3,8-9H,4-7H2. The van der Waals surface area contributed by atoms with Gasteiger partial charge in [-0.3, -0.25) is 4.79 Å². The third kappa shape index (κ3) is 1.73. The maximum absolute atomic E-state index is 14.0. The molecule has 1 aromatic carbocycles. The van der Waals surface area contributed by atoms with Crippen molar-refractivity contribution in [2.75, 3.05) is 4.90 Å². The SMILES string of the molecule is O=C1CC2CCC(C1)N2c1cccc(Cl)c1F. The monoisotopic (exact) mass is 253 g/mol. The zero-order chi connectivity index (χ0) is 12.0. The van der Waals surface area contributed by atoms with Crippen LogP contribution in [0.25, 0.3) is 0 Å². The van der Waals surface area contributed by atoms with E-state index in [0.29, 0.717) is 24.3 Å². The average molecular weight is 254 g/mol. The van der Waals surface area contributed by atoms with Gasteiger partial charge in [-0.15, -0.1) is 0 Å². The minimum Gasteiger partial charge on any atom is -0.362 e. The number of carbonyl (C=O) groups is 1. The molecule has 4 heteroatoms. The Morgan fingerprint density at radius 2 is 1.88 bits per heavy atom. The molecule has 0 amide bonds. The normalized spacial score (nSPS) is 27.6. The highest BCUT2D eigenvalue weighted by atomic mass is 35.5. The molecule has 0 aromatic heterocycles. The minimum absolute atomic E-state index is 0.152. The lowest BCUT2D eigenvalue weighted by Crippen LogP contribution is -2.43. The van der Waals surface area contributed by atoms with Gasteiger partial charge in [0, 0.05) is 24.9 Å². The third-order valence-electron chi connectivity index (χ3n) is 3.76. The van der Waals surface area contributed by atoms with Gasteiger partial charge in [0.15, 0.2) is 5.82 Å². The number of hydrogen-bond acceptors (Lipinski definition) is 2. The first-order valence-electron chi connectivity index (χ1n) is 5.91. The first kappa shape index (κ1) is 11.0. The highest BCUT2D eigenvalue weighted by Gasteiger charge is 2.41. The lowest BCUT2D eigenvalue weighted by molar-refractivity contribution is -0.120. The van der Waals surface area contributed by atoms with Crippen LogP contribution in [0.2, 0.25) is 5.02 Å². The molecule has 0 spiro atoms. The van der Waals surface area contributed by atoms with Crippen molar-refractivity contribution in [2.45, 2.75) is 37.8 Å². The molecule has 17 heavy (non-hydrogen) atoms. The highest BCUT2D eigenvalue weighted by Crippen LogP contribution is 2.40. The van der Waals surface area contributed by atoms with Gasteiger partial charge in [0.2, 0.25) is 0 Å². The summed E-state index contributed by atoms with van der Waals surface area (Å²) in [5.41, 5.74) is 0.553. The number of fused-ring (bicyclic) bond motifs is 2. The lowest BCUT2D eigenvalue weighted by Gasteiger charge is -2.36. The molecule has 2 bridgehead atoms. The molecule has 0 N–H and O–H groups in total. The Morgan fingerprint density at radius 3 is 2.53 bits per heavy atom. The number of halogens is 2. The molecule has 2 heterocycles. The van der Waals surface area contributed by atoms with E-state index in [1.54, 1.807) is 18.2 Å². The Hall–Kier alpha value is -1.09. The summed E-state index contributed by atoms with van der Waals surface area (Å²) in [6.45, 7) is 0. The molecule has 0 radical (unpaired) electrons. The maximum Gasteiger partial charge on any atom is 0.165 e. The van der Waals surface area contributed by atoms with E-state index in [1.807, 2.05) is 0 Å². The van der Waals surface area contributed by atoms with Crippen molar-refractivity contribution in [2.24, 2.45) is 0 Å². The first-order chi connectivity index (χ1) is 8.16. The molecule has 2 atom stereocenters. The van der Waals surface area contributed by atoms with Gasteiger partial charge in [0.1, 0.15) is 5.78 Å². The maximum atomic E-state index is 14.0. The van der Waals surface area contributed by atoms with Crippen LogP contribution in [0.1, 0.15) is 25.7 Å². The van der Waals surface area contributed by atoms with Gasteiger partial charge in [-0.05, 0) is 25.0 Å². The summed E-state index contributed by atoms with van der Waals surface area (Å²) in [6.07, 6.45) is 3.04. The molecule has 2 saturated heterocycles. The number of rotatable bonds is 1. The number of hydrogen-bond donors (Lipinski definition) is 0. The Morgan fingerprint density at radius 1 is 1.24 bits per heavy atom. The second-order valence-corrected chi connectivity index (χ2v) is 5.22. The van der Waals surface area contributed by atoms with Crippen molar-refractivity contribution < 1.29 is 9.18 Å². The Labute approximate surface area is 104 Å². The lowest BCUT2D eigenvalue weighted by atomic mass is 10.0. The van der Waals surface area contributed by atoms with Gasteiger partial charge in [0.05, 0.1) is 10.7 Å². The summed E-state index contributed by atoms with van der Waals surface area (Å²) in [5.74, 6) is -0.0587. The van der Waals surface area contributed by atoms with Gasteiger partial charge in [-0.1, -0.05) is 17.7 Å². The molecule has 2 fully saturated rings. The van der Waals surface area contributed by atoms with Crippen molar-refractivity contribution >= 4 is 23.1 Å². The number of carbonyl (C=O) groups excluding carboxylic acids is 1. The van der Waals surface area contributed by atoms with Crippen LogP contribution in [0.15, 0.2) is 18.2 Å². The molecule has 3 rings (SSSR count). The molecular formula is C13H13ClFNO. The Balaban J connectivity index is 2.00. The van der Waals surface area contributed by atoms with Crippen molar-refractivity contribution in [3.05, 3.63) is 29.0 Å². The number of anilines is 1. The van der Waals surface area contributed by atoms with E-state index in [1.165, 1.54) is 0 Å². The van der Waals surface area contributed by atoms with E-state index in [0.717, 1.165) is 12.8 Å². The number of Topliss-reactive ketones (excluding diaryl/α,β-unsaturated/α-hetero) is 1. The largest absolute Gasteiger partial charge is 0.362 e. The third-order valence-corrected chi connectivity index (χ3v) is 4.05. The summed E-state index contributed by atoms with van der Waals surface area (Å²) in [5, 5.41) is 0.152. The summed E-state index contributed by atoms with van der Waals surface area (Å²) in [7, 11) is 0. The quantitative estimate of drug-likeness (QED) is 0.766. The van der Waals surface area contributed by atoms with Crippen molar-refractivity contribution in [3.8, 4) is 0 Å². The topological polar surface area (TPSA) is 20.3 Å². The number of ketones is 1. The van der Waals surface area contributed by atoms with Crippen LogP contribution in [-0.4, -0.2) is 17.9 Å². The molecule has 1 aromatic rings. The van der Waals surface area contributed by atoms with Crippen molar-refractivity contribution in [1.29, 1.82) is 0 Å². The van der Waals surface area contributed by atoms with Gasteiger partial charge in [-0.25, -0.2) is 4.39 Å². The van der Waals surface area contributed by atoms with E-state index in [2.05, 4.69) is 4.90 Å². The fourth-order valence-corrected chi connectivity index (χ4v) is 3.23. The van der Waals surface area contributed by atoms with Gasteiger partial charge < -0.3 is 4.90 Å². The second-order valence-electron chi connectivity index (χ2n) is 4.81. The summed E-state index contributed by atoms with van der Waals surface area (Å²) < 4.78 is 14.0. The smallest absolute Gasteiger partial charge is 0.165 e. The average Bonchev–Trinajstić information content (AvgIpc) is 2.55. The first-order valence-corrected chi connectivity index (χ1v) is 6.28. The fourth-order valence-electron chi connectivity index (χ4n) is 3.06. The summed E-state index contributed by atoms with van der Waals surface area (Å²) >= 11 is 5.81. The van der Waals surface area contributed by atoms with Crippen LogP contribution in [0, 0.1) is 5.82 Å². The van der Waals surface area contributed by atoms with Gasteiger partial charge in [-0.2, -0.15) is 0 Å². The molecule has 0 saturated carbocycles. The zero-order valence-corrected chi connectivity index (χ0v) is 10.1. The molecule has 90 valence electrons. The second kappa shape index (κ2) is 3.98. The predicted octanol–water partition coefficient (Wildman–Crippen LogP) is 3.18. The van der Waals surface area contributed by atoms with E-state index >= 15 is 0 Å². The minimum atomic E-state index is -0.361. The number of benzene rings is 1. The molecule has 2 unspecified atom stereocenters. The van der Waals surface area contributed by atoms with Gasteiger partial charge >= 0.3 is 0 Å². The molecule has 2 aliphatic rings. The summed E-state index contributed by atoms with van der Waals surface area (Å²) in [6, 6.07) is 5.39. The summed E-state index contributed by atoms with van der Waals surface area (Å²) in [4.78, 5) is 13.6. The Kier molecular flexibility index (Phi) is 2.58. The van der Waals surface area contributed by atoms with Crippen LogP contribution in [-0.2, 0) is 4.79 Å². The van der Waals surface area contributed by atoms with E-state index in [4.69, 9.17) is 11.6 Å². The van der Waals surface area contributed by atoms with Gasteiger partial charge in [0.25, 0.3) is 0 Å². The molecular weight excluding hydrogens is 241 g/mol. The van der Waals surface area contributed by atoms with Crippen LogP contribution in [0.3, 0.4) is 0 Å². The van der Waals surface area contributed by atoms with E-state index in [-0.39, 0.29) is 22.9 Å². The predicted molar refractivity (Wildman–Crippen MR) is 64.9 cm³/mol. The number of piperidine rings is 1. The van der Waals surface area contributed by atoms with Crippen LogP contribution in [0.4, 0.5) is 10.1 Å². The van der Waals surface area contributed by atoms with Crippen LogP contribution >= 0.6 is 11.6 Å². The van der Waals surface area contributed by atoms with E-state index < -0.39 is 0 Å². The molecule has 2 aliphatic heterocycles. The Bertz CT molecular complexity index is 460. The molecule has 0 aliphatic carbocycles. The number of nitrogens with zero attached hydrogens (tertiary/aromatic N) is 1.